The van der Waals surface area contributed by atoms with Crippen LogP contribution in [0.25, 0.3) is 0 Å². The first-order valence-electron chi connectivity index (χ1n) is 9.69. The van der Waals surface area contributed by atoms with Gasteiger partial charge in [-0.2, -0.15) is 5.26 Å². The normalized spacial score (nSPS) is 11.3. The minimum absolute atomic E-state index is 0.304. The van der Waals surface area contributed by atoms with E-state index in [1.165, 1.54) is 0 Å². The SMILES string of the molecule is N#Cc1ccc(C(N=C(c2ccccc2)c2ccccc2)c2ccccc2Cl)cc1. The van der Waals surface area contributed by atoms with E-state index >= 15 is 0 Å². The molecule has 1 unspecified atom stereocenters. The summed E-state index contributed by atoms with van der Waals surface area (Å²) in [6.45, 7) is 0. The van der Waals surface area contributed by atoms with Crippen LogP contribution in [0.1, 0.15) is 33.9 Å². The third-order valence-electron chi connectivity index (χ3n) is 4.91. The number of aliphatic imine (C=N–C) groups is 1. The largest absolute Gasteiger partial charge is 0.271 e. The molecule has 4 aromatic rings. The second-order valence-electron chi connectivity index (χ2n) is 6.87. The minimum Gasteiger partial charge on any atom is -0.271 e. The molecule has 3 heteroatoms. The number of benzene rings is 4. The highest BCUT2D eigenvalue weighted by molar-refractivity contribution is 6.31. The lowest BCUT2D eigenvalue weighted by Crippen LogP contribution is -2.08. The van der Waals surface area contributed by atoms with Crippen molar-refractivity contribution in [3.05, 3.63) is 142 Å². The first-order chi connectivity index (χ1) is 14.8. The van der Waals surface area contributed by atoms with E-state index in [9.17, 15) is 5.26 Å². The third-order valence-corrected chi connectivity index (χ3v) is 5.25. The molecule has 0 radical (unpaired) electrons. The van der Waals surface area contributed by atoms with Gasteiger partial charge in [0.05, 0.1) is 17.3 Å². The maximum atomic E-state index is 9.17. The van der Waals surface area contributed by atoms with Crippen LogP contribution in [-0.2, 0) is 0 Å². The Labute approximate surface area is 181 Å². The summed E-state index contributed by atoms with van der Waals surface area (Å²) in [5.41, 5.74) is 5.49. The van der Waals surface area contributed by atoms with Crippen molar-refractivity contribution < 1.29 is 0 Å². The molecule has 0 aromatic heterocycles. The third kappa shape index (κ3) is 4.33. The van der Waals surface area contributed by atoms with Gasteiger partial charge in [0.25, 0.3) is 0 Å². The van der Waals surface area contributed by atoms with E-state index in [0.29, 0.717) is 10.6 Å². The van der Waals surface area contributed by atoms with Gasteiger partial charge < -0.3 is 0 Å². The molecule has 4 aromatic carbocycles. The molecule has 0 saturated carbocycles. The Bertz CT molecular complexity index is 1150. The lowest BCUT2D eigenvalue weighted by molar-refractivity contribution is 0.873. The fourth-order valence-corrected chi connectivity index (χ4v) is 3.64. The Balaban J connectivity index is 1.93. The Morgan fingerprint density at radius 3 is 1.77 bits per heavy atom. The maximum Gasteiger partial charge on any atom is 0.102 e. The first kappa shape index (κ1) is 19.6. The number of hydrogen-bond acceptors (Lipinski definition) is 2. The van der Waals surface area contributed by atoms with Crippen molar-refractivity contribution in [3.63, 3.8) is 0 Å². The summed E-state index contributed by atoms with van der Waals surface area (Å²) in [5.74, 6) is 0. The Kier molecular flexibility index (Phi) is 6.03. The van der Waals surface area contributed by atoms with Crippen LogP contribution in [0.4, 0.5) is 0 Å². The van der Waals surface area contributed by atoms with Gasteiger partial charge in [-0.05, 0) is 29.3 Å². The highest BCUT2D eigenvalue weighted by Crippen LogP contribution is 2.33. The van der Waals surface area contributed by atoms with Crippen LogP contribution in [0, 0.1) is 11.3 Å². The van der Waals surface area contributed by atoms with Crippen molar-refractivity contribution in [1.29, 1.82) is 5.26 Å². The molecule has 4 rings (SSSR count). The Morgan fingerprint density at radius 1 is 0.700 bits per heavy atom. The molecule has 30 heavy (non-hydrogen) atoms. The van der Waals surface area contributed by atoms with Crippen LogP contribution in [0.5, 0.6) is 0 Å². The van der Waals surface area contributed by atoms with Crippen molar-refractivity contribution in [1.82, 2.24) is 0 Å². The second-order valence-corrected chi connectivity index (χ2v) is 7.27. The number of nitrogens with zero attached hydrogens (tertiary/aromatic N) is 2. The molecule has 0 saturated heterocycles. The van der Waals surface area contributed by atoms with Crippen molar-refractivity contribution in [2.45, 2.75) is 6.04 Å². The van der Waals surface area contributed by atoms with Gasteiger partial charge in [-0.3, -0.25) is 4.99 Å². The van der Waals surface area contributed by atoms with E-state index in [0.717, 1.165) is 28.0 Å². The predicted molar refractivity (Wildman–Crippen MR) is 123 cm³/mol. The lowest BCUT2D eigenvalue weighted by atomic mass is 9.96. The molecular formula is C27H19ClN2. The molecule has 0 aliphatic carbocycles. The van der Waals surface area contributed by atoms with E-state index < -0.39 is 0 Å². The van der Waals surface area contributed by atoms with Crippen LogP contribution in [-0.4, -0.2) is 5.71 Å². The molecule has 0 fully saturated rings. The van der Waals surface area contributed by atoms with Gasteiger partial charge >= 0.3 is 0 Å². The van der Waals surface area contributed by atoms with Gasteiger partial charge in [-0.25, -0.2) is 0 Å². The summed E-state index contributed by atoms with van der Waals surface area (Å²) >= 11 is 6.58. The summed E-state index contributed by atoms with van der Waals surface area (Å²) < 4.78 is 0. The van der Waals surface area contributed by atoms with Crippen molar-refractivity contribution in [2.75, 3.05) is 0 Å². The monoisotopic (exact) mass is 406 g/mol. The highest BCUT2D eigenvalue weighted by Gasteiger charge is 2.18. The molecule has 2 nitrogen and oxygen atoms in total. The van der Waals surface area contributed by atoms with E-state index in [-0.39, 0.29) is 6.04 Å². The number of halogens is 1. The summed E-state index contributed by atoms with van der Waals surface area (Å²) in [5, 5.41) is 9.84. The molecule has 0 spiro atoms. The second kappa shape index (κ2) is 9.22. The molecule has 0 aliphatic rings. The zero-order chi connectivity index (χ0) is 20.8. The molecule has 144 valence electrons. The van der Waals surface area contributed by atoms with Crippen LogP contribution >= 0.6 is 11.6 Å². The van der Waals surface area contributed by atoms with E-state index in [2.05, 4.69) is 30.3 Å². The number of rotatable bonds is 5. The lowest BCUT2D eigenvalue weighted by Gasteiger charge is -2.18. The van der Waals surface area contributed by atoms with Gasteiger partial charge in [-0.1, -0.05) is 103 Å². The zero-order valence-corrected chi connectivity index (χ0v) is 17.0. The smallest absolute Gasteiger partial charge is 0.102 e. The maximum absolute atomic E-state index is 9.17. The molecule has 0 aliphatic heterocycles. The van der Waals surface area contributed by atoms with Crippen LogP contribution < -0.4 is 0 Å². The van der Waals surface area contributed by atoms with E-state index in [4.69, 9.17) is 16.6 Å². The molecule has 0 N–H and O–H groups in total. The Morgan fingerprint density at radius 2 is 1.23 bits per heavy atom. The molecule has 0 heterocycles. The number of hydrogen-bond donors (Lipinski definition) is 0. The van der Waals surface area contributed by atoms with Crippen molar-refractivity contribution in [2.24, 2.45) is 4.99 Å². The average Bonchev–Trinajstić information content (AvgIpc) is 2.82. The summed E-state index contributed by atoms with van der Waals surface area (Å²) in [7, 11) is 0. The quantitative estimate of drug-likeness (QED) is 0.334. The highest BCUT2D eigenvalue weighted by atomic mass is 35.5. The fourth-order valence-electron chi connectivity index (χ4n) is 3.40. The Hall–Kier alpha value is -3.67. The van der Waals surface area contributed by atoms with Crippen molar-refractivity contribution >= 4 is 17.3 Å². The predicted octanol–water partition coefficient (Wildman–Crippen LogP) is 6.84. The van der Waals surface area contributed by atoms with Crippen LogP contribution in [0.3, 0.4) is 0 Å². The standard InChI is InChI=1S/C27H19ClN2/c28-25-14-8-7-13-24(25)27(23-17-15-20(19-29)16-18-23)30-26(21-9-3-1-4-10-21)22-11-5-2-6-12-22/h1-18,27H. The van der Waals surface area contributed by atoms with Gasteiger partial charge in [0, 0.05) is 16.1 Å². The summed E-state index contributed by atoms with van der Waals surface area (Å²) in [6, 6.07) is 37.5. The average molecular weight is 407 g/mol. The molecular weight excluding hydrogens is 388 g/mol. The van der Waals surface area contributed by atoms with E-state index in [1.54, 1.807) is 0 Å². The van der Waals surface area contributed by atoms with E-state index in [1.807, 2.05) is 84.9 Å². The topological polar surface area (TPSA) is 36.1 Å². The fraction of sp³-hybridized carbons (Fsp3) is 0.0370. The van der Waals surface area contributed by atoms with Gasteiger partial charge in [0.2, 0.25) is 0 Å². The summed E-state index contributed by atoms with van der Waals surface area (Å²) in [6.07, 6.45) is 0. The molecule has 0 bridgehead atoms. The summed E-state index contributed by atoms with van der Waals surface area (Å²) in [4.78, 5) is 5.22. The molecule has 0 amide bonds. The van der Waals surface area contributed by atoms with Gasteiger partial charge in [0.15, 0.2) is 0 Å². The van der Waals surface area contributed by atoms with Gasteiger partial charge in [0.1, 0.15) is 6.04 Å². The van der Waals surface area contributed by atoms with Crippen LogP contribution in [0.15, 0.2) is 114 Å². The zero-order valence-electron chi connectivity index (χ0n) is 16.2. The molecule has 1 atom stereocenters. The van der Waals surface area contributed by atoms with Crippen molar-refractivity contribution in [3.8, 4) is 6.07 Å². The van der Waals surface area contributed by atoms with Crippen LogP contribution in [0.2, 0.25) is 5.02 Å². The first-order valence-corrected chi connectivity index (χ1v) is 10.1. The van der Waals surface area contributed by atoms with Gasteiger partial charge in [-0.15, -0.1) is 0 Å². The minimum atomic E-state index is -0.304. The number of nitriles is 1.